The molecule has 1 saturated heterocycles. The van der Waals surface area contributed by atoms with Crippen LogP contribution in [0.2, 0.25) is 0 Å². The Morgan fingerprint density at radius 3 is 3.09 bits per heavy atom. The quantitative estimate of drug-likeness (QED) is 0.633. The fourth-order valence-electron chi connectivity index (χ4n) is 1.52. The van der Waals surface area contributed by atoms with Crippen molar-refractivity contribution in [3.05, 3.63) is 0 Å². The summed E-state index contributed by atoms with van der Waals surface area (Å²) in [4.78, 5) is 2.36. The molecule has 0 amide bonds. The number of morpholine rings is 1. The molecule has 3 nitrogen and oxygen atoms in total. The molecule has 0 aromatic carbocycles. The lowest BCUT2D eigenvalue weighted by Crippen LogP contribution is -2.45. The third-order valence-corrected chi connectivity index (χ3v) is 2.22. The Bertz CT molecular complexity index is 106. The molecule has 0 bridgehead atoms. The van der Waals surface area contributed by atoms with Gasteiger partial charge in [0.2, 0.25) is 0 Å². The van der Waals surface area contributed by atoms with E-state index in [9.17, 15) is 0 Å². The molecule has 1 N–H and O–H groups in total. The highest BCUT2D eigenvalue weighted by atomic mass is 16.5. The summed E-state index contributed by atoms with van der Waals surface area (Å²) in [6, 6.07) is 0.443. The van der Waals surface area contributed by atoms with Gasteiger partial charge in [0, 0.05) is 19.2 Å². The normalized spacial score (nSPS) is 27.3. The minimum absolute atomic E-state index is 0.268. The molecule has 66 valence electrons. The van der Waals surface area contributed by atoms with Gasteiger partial charge in [0.1, 0.15) is 0 Å². The Morgan fingerprint density at radius 1 is 1.64 bits per heavy atom. The number of hydrogen-bond donors (Lipinski definition) is 1. The van der Waals surface area contributed by atoms with Gasteiger partial charge in [-0.3, -0.25) is 4.90 Å². The van der Waals surface area contributed by atoms with Crippen LogP contribution in [0.1, 0.15) is 13.3 Å². The molecular formula is C8H17NO2. The molecule has 0 radical (unpaired) electrons. The van der Waals surface area contributed by atoms with E-state index in [1.165, 1.54) is 0 Å². The van der Waals surface area contributed by atoms with E-state index in [1.807, 2.05) is 0 Å². The van der Waals surface area contributed by atoms with Gasteiger partial charge in [0.15, 0.2) is 0 Å². The highest BCUT2D eigenvalue weighted by Gasteiger charge is 2.20. The molecule has 1 aliphatic heterocycles. The van der Waals surface area contributed by atoms with Crippen LogP contribution >= 0.6 is 0 Å². The van der Waals surface area contributed by atoms with Crippen molar-refractivity contribution in [3.8, 4) is 0 Å². The van der Waals surface area contributed by atoms with Gasteiger partial charge in [-0.05, 0) is 13.0 Å². The molecule has 1 rings (SSSR count). The predicted octanol–water partition coefficient (Wildman–Crippen LogP) is 0.0895. The monoisotopic (exact) mass is 159 g/mol. The predicted molar refractivity (Wildman–Crippen MR) is 43.6 cm³/mol. The molecule has 11 heavy (non-hydrogen) atoms. The molecule has 0 aliphatic carbocycles. The van der Waals surface area contributed by atoms with E-state index in [4.69, 9.17) is 9.84 Å². The van der Waals surface area contributed by atoms with E-state index >= 15 is 0 Å². The van der Waals surface area contributed by atoms with Gasteiger partial charge < -0.3 is 9.84 Å². The highest BCUT2D eigenvalue weighted by molar-refractivity contribution is 4.73. The van der Waals surface area contributed by atoms with Gasteiger partial charge in [-0.25, -0.2) is 0 Å². The van der Waals surface area contributed by atoms with Crippen molar-refractivity contribution in [1.29, 1.82) is 0 Å². The molecule has 1 unspecified atom stereocenters. The average Bonchev–Trinajstić information content (AvgIpc) is 2.06. The fraction of sp³-hybridized carbons (Fsp3) is 1.00. The molecular weight excluding hydrogens is 142 g/mol. The first-order valence-corrected chi connectivity index (χ1v) is 4.31. The van der Waals surface area contributed by atoms with Crippen molar-refractivity contribution in [1.82, 2.24) is 4.90 Å². The second-order valence-electron chi connectivity index (χ2n) is 2.87. The standard InChI is InChI=1S/C8H17NO2/c1-2-9-4-6-11-7-8(9)3-5-10/h8,10H,2-7H2,1H3. The summed E-state index contributed by atoms with van der Waals surface area (Å²) >= 11 is 0. The Labute approximate surface area is 68.0 Å². The van der Waals surface area contributed by atoms with Gasteiger partial charge in [-0.15, -0.1) is 0 Å². The van der Waals surface area contributed by atoms with Crippen LogP contribution in [-0.2, 0) is 4.74 Å². The Morgan fingerprint density at radius 2 is 2.45 bits per heavy atom. The number of rotatable bonds is 3. The van der Waals surface area contributed by atoms with Crippen LogP contribution in [0.15, 0.2) is 0 Å². The summed E-state index contributed by atoms with van der Waals surface area (Å²) in [6.45, 7) is 6.12. The molecule has 3 heteroatoms. The Hall–Kier alpha value is -0.120. The molecule has 0 spiro atoms. The molecule has 1 heterocycles. The van der Waals surface area contributed by atoms with Gasteiger partial charge in [-0.2, -0.15) is 0 Å². The van der Waals surface area contributed by atoms with Crippen molar-refractivity contribution >= 4 is 0 Å². The first-order chi connectivity index (χ1) is 5.38. The van der Waals surface area contributed by atoms with Crippen LogP contribution in [-0.4, -0.2) is 49.0 Å². The first-order valence-electron chi connectivity index (χ1n) is 4.31. The number of aliphatic hydroxyl groups is 1. The lowest BCUT2D eigenvalue weighted by molar-refractivity contribution is -0.0128. The Kier molecular flexibility index (Phi) is 3.83. The van der Waals surface area contributed by atoms with E-state index in [2.05, 4.69) is 11.8 Å². The van der Waals surface area contributed by atoms with Crippen LogP contribution < -0.4 is 0 Å². The van der Waals surface area contributed by atoms with E-state index in [-0.39, 0.29) is 6.61 Å². The van der Waals surface area contributed by atoms with Crippen molar-refractivity contribution < 1.29 is 9.84 Å². The summed E-state index contributed by atoms with van der Waals surface area (Å²) in [5.41, 5.74) is 0. The third kappa shape index (κ3) is 2.43. The van der Waals surface area contributed by atoms with Crippen molar-refractivity contribution in [2.45, 2.75) is 19.4 Å². The highest BCUT2D eigenvalue weighted by Crippen LogP contribution is 2.08. The lowest BCUT2D eigenvalue weighted by atomic mass is 10.2. The second kappa shape index (κ2) is 4.70. The van der Waals surface area contributed by atoms with Crippen molar-refractivity contribution in [2.24, 2.45) is 0 Å². The van der Waals surface area contributed by atoms with E-state index < -0.39 is 0 Å². The third-order valence-electron chi connectivity index (χ3n) is 2.22. The molecule has 0 saturated carbocycles. The zero-order chi connectivity index (χ0) is 8.10. The van der Waals surface area contributed by atoms with Crippen LogP contribution in [0.4, 0.5) is 0 Å². The fourth-order valence-corrected chi connectivity index (χ4v) is 1.52. The number of nitrogens with zero attached hydrogens (tertiary/aromatic N) is 1. The largest absolute Gasteiger partial charge is 0.396 e. The summed E-state index contributed by atoms with van der Waals surface area (Å²) in [7, 11) is 0. The maximum atomic E-state index is 8.75. The summed E-state index contributed by atoms with van der Waals surface area (Å²) in [5, 5.41) is 8.75. The first kappa shape index (κ1) is 8.97. The lowest BCUT2D eigenvalue weighted by Gasteiger charge is -2.34. The molecule has 1 aliphatic rings. The van der Waals surface area contributed by atoms with Gasteiger partial charge in [0.05, 0.1) is 13.2 Å². The zero-order valence-electron chi connectivity index (χ0n) is 7.12. The topological polar surface area (TPSA) is 32.7 Å². The minimum atomic E-state index is 0.268. The van der Waals surface area contributed by atoms with Gasteiger partial charge in [0.25, 0.3) is 0 Å². The smallest absolute Gasteiger partial charge is 0.0623 e. The SMILES string of the molecule is CCN1CCOCC1CCO. The second-order valence-corrected chi connectivity index (χ2v) is 2.87. The van der Waals surface area contributed by atoms with Crippen LogP contribution in [0.25, 0.3) is 0 Å². The molecule has 1 atom stereocenters. The minimum Gasteiger partial charge on any atom is -0.396 e. The average molecular weight is 159 g/mol. The Balaban J connectivity index is 2.31. The summed E-state index contributed by atoms with van der Waals surface area (Å²) in [5.74, 6) is 0. The van der Waals surface area contributed by atoms with Crippen molar-refractivity contribution in [3.63, 3.8) is 0 Å². The molecule has 0 aromatic heterocycles. The number of hydrogen-bond acceptors (Lipinski definition) is 3. The van der Waals surface area contributed by atoms with Gasteiger partial charge >= 0.3 is 0 Å². The number of ether oxygens (including phenoxy) is 1. The van der Waals surface area contributed by atoms with E-state index in [1.54, 1.807) is 0 Å². The summed E-state index contributed by atoms with van der Waals surface area (Å²) in [6.07, 6.45) is 0.841. The van der Waals surface area contributed by atoms with Crippen LogP contribution in [0.5, 0.6) is 0 Å². The van der Waals surface area contributed by atoms with Crippen LogP contribution in [0.3, 0.4) is 0 Å². The van der Waals surface area contributed by atoms with Gasteiger partial charge in [-0.1, -0.05) is 6.92 Å². The zero-order valence-corrected chi connectivity index (χ0v) is 7.12. The number of likely N-dealkylation sites (N-methyl/N-ethyl adjacent to an activating group) is 1. The maximum absolute atomic E-state index is 8.75. The van der Waals surface area contributed by atoms with E-state index in [0.717, 1.165) is 32.7 Å². The molecule has 0 aromatic rings. The van der Waals surface area contributed by atoms with E-state index in [0.29, 0.717) is 6.04 Å². The number of aliphatic hydroxyl groups excluding tert-OH is 1. The summed E-state index contributed by atoms with van der Waals surface area (Å²) < 4.78 is 5.31. The maximum Gasteiger partial charge on any atom is 0.0623 e. The van der Waals surface area contributed by atoms with Crippen LogP contribution in [0, 0.1) is 0 Å². The molecule has 1 fully saturated rings. The van der Waals surface area contributed by atoms with Crippen molar-refractivity contribution in [2.75, 3.05) is 32.9 Å².